The smallest absolute Gasteiger partial charge is 0.318 e. The highest BCUT2D eigenvalue weighted by molar-refractivity contribution is 5.75. The van der Waals surface area contributed by atoms with Crippen LogP contribution in [-0.4, -0.2) is 36.7 Å². The molecule has 152 valence electrons. The first-order valence-corrected chi connectivity index (χ1v) is 9.58. The van der Waals surface area contributed by atoms with Gasteiger partial charge in [0, 0.05) is 13.2 Å². The van der Waals surface area contributed by atoms with Crippen LogP contribution in [0.25, 0.3) is 0 Å². The molecule has 2 atom stereocenters. The fraction of sp³-hybridized carbons (Fsp3) is 0.455. The van der Waals surface area contributed by atoms with Crippen molar-refractivity contribution in [2.24, 2.45) is 5.92 Å². The van der Waals surface area contributed by atoms with Crippen LogP contribution < -0.4 is 14.8 Å². The molecule has 0 aliphatic rings. The van der Waals surface area contributed by atoms with Crippen LogP contribution in [0.4, 0.5) is 4.79 Å². The van der Waals surface area contributed by atoms with E-state index in [0.717, 1.165) is 11.3 Å². The van der Waals surface area contributed by atoms with Gasteiger partial charge in [0.25, 0.3) is 0 Å². The molecule has 0 saturated heterocycles. The first-order valence-electron chi connectivity index (χ1n) is 9.58. The summed E-state index contributed by atoms with van der Waals surface area (Å²) in [6, 6.07) is 11.0. The third-order valence-electron chi connectivity index (χ3n) is 4.62. The van der Waals surface area contributed by atoms with Gasteiger partial charge in [-0.25, -0.2) is 4.79 Å². The maximum Gasteiger partial charge on any atom is 0.318 e. The zero-order valence-corrected chi connectivity index (χ0v) is 17.6. The molecule has 1 N–H and O–H groups in total. The Labute approximate surface area is 167 Å². The second-order valence-electron chi connectivity index (χ2n) is 7.33. The van der Waals surface area contributed by atoms with Gasteiger partial charge in [0.15, 0.2) is 11.5 Å². The molecular weight excluding hydrogens is 354 g/mol. The van der Waals surface area contributed by atoms with Gasteiger partial charge in [-0.15, -0.1) is 0 Å². The molecule has 0 fully saturated rings. The number of nitrogens with zero attached hydrogens (tertiary/aromatic N) is 2. The average molecular weight is 386 g/mol. The highest BCUT2D eigenvalue weighted by atomic mass is 16.5. The van der Waals surface area contributed by atoms with Gasteiger partial charge in [-0.1, -0.05) is 26.0 Å². The number of urea groups is 1. The second-order valence-corrected chi connectivity index (χ2v) is 7.33. The molecule has 0 saturated carbocycles. The summed E-state index contributed by atoms with van der Waals surface area (Å²) < 4.78 is 11.3. The summed E-state index contributed by atoms with van der Waals surface area (Å²) in [7, 11) is 3.39. The number of pyridine rings is 1. The van der Waals surface area contributed by atoms with Gasteiger partial charge in [-0.2, -0.15) is 0 Å². The highest BCUT2D eigenvalue weighted by Crippen LogP contribution is 2.31. The molecule has 2 amide bonds. The molecule has 2 unspecified atom stereocenters. The van der Waals surface area contributed by atoms with Crippen LogP contribution in [0.3, 0.4) is 0 Å². The topological polar surface area (TPSA) is 63.7 Å². The number of carbonyl (C=O) groups is 1. The Hall–Kier alpha value is -2.76. The standard InChI is InChI=1S/C22H31N3O3/c1-15(2)14-28-20-11-10-18(13-21(20)27-6)16(3)24-22(26)25(5)17(4)19-9-7-8-12-23-19/h7-13,15-17H,14H2,1-6H3,(H,24,26). The van der Waals surface area contributed by atoms with E-state index in [1.807, 2.05) is 50.2 Å². The van der Waals surface area contributed by atoms with E-state index in [1.165, 1.54) is 0 Å². The van der Waals surface area contributed by atoms with Gasteiger partial charge in [0.2, 0.25) is 0 Å². The highest BCUT2D eigenvalue weighted by Gasteiger charge is 2.20. The number of rotatable bonds is 8. The minimum absolute atomic E-state index is 0.130. The lowest BCUT2D eigenvalue weighted by Crippen LogP contribution is -2.40. The fourth-order valence-electron chi connectivity index (χ4n) is 2.70. The Bertz CT molecular complexity index is 765. The molecule has 0 aliphatic heterocycles. The van der Waals surface area contributed by atoms with Crippen LogP contribution in [0.5, 0.6) is 11.5 Å². The maximum atomic E-state index is 12.7. The molecule has 6 nitrogen and oxygen atoms in total. The number of aromatic nitrogens is 1. The van der Waals surface area contributed by atoms with Crippen molar-refractivity contribution >= 4 is 6.03 Å². The van der Waals surface area contributed by atoms with Gasteiger partial charge in [-0.05, 0) is 49.6 Å². The minimum Gasteiger partial charge on any atom is -0.493 e. The molecule has 0 aliphatic carbocycles. The van der Waals surface area contributed by atoms with E-state index in [-0.39, 0.29) is 18.1 Å². The lowest BCUT2D eigenvalue weighted by atomic mass is 10.1. The van der Waals surface area contributed by atoms with Crippen molar-refractivity contribution in [2.75, 3.05) is 20.8 Å². The van der Waals surface area contributed by atoms with Gasteiger partial charge in [0.05, 0.1) is 31.5 Å². The number of methoxy groups -OCH3 is 1. The lowest BCUT2D eigenvalue weighted by Gasteiger charge is -2.27. The van der Waals surface area contributed by atoms with E-state index in [4.69, 9.17) is 9.47 Å². The maximum absolute atomic E-state index is 12.7. The van der Waals surface area contributed by atoms with Crippen LogP contribution >= 0.6 is 0 Å². The molecule has 0 radical (unpaired) electrons. The second kappa shape index (κ2) is 9.97. The van der Waals surface area contributed by atoms with E-state index in [2.05, 4.69) is 24.1 Å². The van der Waals surface area contributed by atoms with Crippen molar-refractivity contribution in [2.45, 2.75) is 39.8 Å². The summed E-state index contributed by atoms with van der Waals surface area (Å²) >= 11 is 0. The number of ether oxygens (including phenoxy) is 2. The zero-order chi connectivity index (χ0) is 20.7. The Balaban J connectivity index is 2.04. The van der Waals surface area contributed by atoms with Crippen molar-refractivity contribution < 1.29 is 14.3 Å². The fourth-order valence-corrected chi connectivity index (χ4v) is 2.70. The Morgan fingerprint density at radius 1 is 1.14 bits per heavy atom. The summed E-state index contributed by atoms with van der Waals surface area (Å²) in [6.07, 6.45) is 1.73. The molecule has 1 aromatic carbocycles. The van der Waals surface area contributed by atoms with E-state index in [0.29, 0.717) is 24.0 Å². The van der Waals surface area contributed by atoms with Crippen molar-refractivity contribution in [1.82, 2.24) is 15.2 Å². The molecule has 6 heteroatoms. The van der Waals surface area contributed by atoms with Gasteiger partial charge in [0.1, 0.15) is 0 Å². The third kappa shape index (κ3) is 5.62. The number of carbonyl (C=O) groups excluding carboxylic acids is 1. The molecular formula is C22H31N3O3. The Morgan fingerprint density at radius 2 is 1.89 bits per heavy atom. The van der Waals surface area contributed by atoms with Crippen molar-refractivity contribution in [3.05, 3.63) is 53.9 Å². The molecule has 2 aromatic rings. The van der Waals surface area contributed by atoms with Crippen LogP contribution in [0.15, 0.2) is 42.6 Å². The van der Waals surface area contributed by atoms with Crippen molar-refractivity contribution in [1.29, 1.82) is 0 Å². The summed E-state index contributed by atoms with van der Waals surface area (Å²) in [4.78, 5) is 18.6. The monoisotopic (exact) mass is 385 g/mol. The molecule has 0 spiro atoms. The van der Waals surface area contributed by atoms with E-state index in [9.17, 15) is 4.79 Å². The Kier molecular flexibility index (Phi) is 7.67. The number of amides is 2. The summed E-state index contributed by atoms with van der Waals surface area (Å²) in [6.45, 7) is 8.72. The molecule has 0 bridgehead atoms. The number of benzene rings is 1. The van der Waals surface area contributed by atoms with E-state index in [1.54, 1.807) is 25.3 Å². The van der Waals surface area contributed by atoms with Gasteiger partial charge >= 0.3 is 6.03 Å². The van der Waals surface area contributed by atoms with Crippen molar-refractivity contribution in [3.8, 4) is 11.5 Å². The van der Waals surface area contributed by atoms with Crippen LogP contribution in [-0.2, 0) is 0 Å². The number of nitrogens with one attached hydrogen (secondary N) is 1. The van der Waals surface area contributed by atoms with Crippen LogP contribution in [0, 0.1) is 5.92 Å². The predicted molar refractivity (Wildman–Crippen MR) is 111 cm³/mol. The summed E-state index contributed by atoms with van der Waals surface area (Å²) in [5, 5.41) is 3.03. The van der Waals surface area contributed by atoms with E-state index < -0.39 is 0 Å². The first kappa shape index (κ1) is 21.5. The van der Waals surface area contributed by atoms with Crippen LogP contribution in [0.1, 0.15) is 51.0 Å². The SMILES string of the molecule is COc1cc(C(C)NC(=O)N(C)C(C)c2ccccn2)ccc1OCC(C)C. The molecule has 28 heavy (non-hydrogen) atoms. The minimum atomic E-state index is -0.182. The largest absolute Gasteiger partial charge is 0.493 e. The zero-order valence-electron chi connectivity index (χ0n) is 17.6. The first-order chi connectivity index (χ1) is 13.3. The normalized spacial score (nSPS) is 13.0. The number of hydrogen-bond donors (Lipinski definition) is 1. The third-order valence-corrected chi connectivity index (χ3v) is 4.62. The average Bonchev–Trinajstić information content (AvgIpc) is 2.71. The molecule has 1 aromatic heterocycles. The van der Waals surface area contributed by atoms with E-state index >= 15 is 0 Å². The predicted octanol–water partition coefficient (Wildman–Crippen LogP) is 4.59. The lowest BCUT2D eigenvalue weighted by molar-refractivity contribution is 0.190. The van der Waals surface area contributed by atoms with Gasteiger partial charge < -0.3 is 19.7 Å². The molecule has 2 rings (SSSR count). The quantitative estimate of drug-likeness (QED) is 0.722. The summed E-state index contributed by atoms with van der Waals surface area (Å²) in [5.41, 5.74) is 1.79. The number of hydrogen-bond acceptors (Lipinski definition) is 4. The summed E-state index contributed by atoms with van der Waals surface area (Å²) in [5.74, 6) is 1.80. The van der Waals surface area contributed by atoms with Gasteiger partial charge in [-0.3, -0.25) is 4.98 Å². The van der Waals surface area contributed by atoms with Crippen LogP contribution in [0.2, 0.25) is 0 Å². The van der Waals surface area contributed by atoms with Crippen molar-refractivity contribution in [3.63, 3.8) is 0 Å². The Morgan fingerprint density at radius 3 is 2.50 bits per heavy atom. The molecule has 1 heterocycles.